The van der Waals surface area contributed by atoms with Crippen molar-refractivity contribution in [3.05, 3.63) is 54.1 Å². The molecule has 2 amide bonds. The predicted molar refractivity (Wildman–Crippen MR) is 115 cm³/mol. The highest BCUT2D eigenvalue weighted by atomic mass is 32.2. The maximum absolute atomic E-state index is 12.5. The molecule has 1 heterocycles. The molecule has 1 aliphatic heterocycles. The van der Waals surface area contributed by atoms with Gasteiger partial charge >= 0.3 is 11.8 Å². The third kappa shape index (κ3) is 5.10. The average molecular weight is 415 g/mol. The number of benzene rings is 2. The Balaban J connectivity index is 1.68. The first-order valence-corrected chi connectivity index (χ1v) is 10.7. The van der Waals surface area contributed by atoms with Crippen LogP contribution < -0.4 is 15.4 Å². The fourth-order valence-electron chi connectivity index (χ4n) is 3.53. The van der Waals surface area contributed by atoms with E-state index in [-0.39, 0.29) is 5.41 Å². The van der Waals surface area contributed by atoms with Crippen LogP contribution in [0.15, 0.2) is 53.4 Å². The van der Waals surface area contributed by atoms with Crippen LogP contribution in [0.1, 0.15) is 18.4 Å². The number of hydrogen-bond acceptors (Lipinski definition) is 5. The van der Waals surface area contributed by atoms with Crippen LogP contribution in [0.4, 0.5) is 5.69 Å². The summed E-state index contributed by atoms with van der Waals surface area (Å²) in [6.45, 7) is 1.61. The molecule has 2 aromatic rings. The minimum absolute atomic E-state index is 0.266. The van der Waals surface area contributed by atoms with Crippen LogP contribution in [0.5, 0.6) is 5.75 Å². The highest BCUT2D eigenvalue weighted by molar-refractivity contribution is 7.98. The average Bonchev–Trinajstić information content (AvgIpc) is 2.78. The van der Waals surface area contributed by atoms with Crippen molar-refractivity contribution in [3.8, 4) is 5.75 Å². The van der Waals surface area contributed by atoms with E-state index >= 15 is 0 Å². The molecular weight excluding hydrogens is 388 g/mol. The summed E-state index contributed by atoms with van der Waals surface area (Å²) in [6.07, 6.45) is 3.47. The molecule has 0 aromatic heterocycles. The molecule has 2 aromatic carbocycles. The molecule has 7 heteroatoms. The van der Waals surface area contributed by atoms with Gasteiger partial charge < -0.3 is 20.1 Å². The van der Waals surface area contributed by atoms with Crippen LogP contribution in [0.2, 0.25) is 0 Å². The van der Waals surface area contributed by atoms with E-state index < -0.39 is 11.8 Å². The van der Waals surface area contributed by atoms with Gasteiger partial charge in [-0.2, -0.15) is 0 Å². The van der Waals surface area contributed by atoms with Gasteiger partial charge in [0, 0.05) is 30.1 Å². The Morgan fingerprint density at radius 2 is 1.76 bits per heavy atom. The number of ether oxygens (including phenoxy) is 2. The number of hydrogen-bond donors (Lipinski definition) is 2. The summed E-state index contributed by atoms with van der Waals surface area (Å²) >= 11 is 1.51. The summed E-state index contributed by atoms with van der Waals surface area (Å²) in [5.74, 6) is -0.518. The number of thioether (sulfide) groups is 1. The second-order valence-electron chi connectivity index (χ2n) is 6.96. The highest BCUT2D eigenvalue weighted by Crippen LogP contribution is 2.35. The summed E-state index contributed by atoms with van der Waals surface area (Å²) in [6, 6.07) is 15.3. The van der Waals surface area contributed by atoms with Crippen molar-refractivity contribution < 1.29 is 19.1 Å². The third-order valence-electron chi connectivity index (χ3n) is 5.30. The summed E-state index contributed by atoms with van der Waals surface area (Å²) in [5, 5.41) is 5.54. The van der Waals surface area contributed by atoms with Gasteiger partial charge in [0.1, 0.15) is 5.75 Å². The lowest BCUT2D eigenvalue weighted by atomic mass is 9.74. The van der Waals surface area contributed by atoms with E-state index in [0.29, 0.717) is 25.4 Å². The molecule has 0 unspecified atom stereocenters. The number of carbonyl (C=O) groups excluding carboxylic acids is 2. The Morgan fingerprint density at radius 3 is 2.41 bits per heavy atom. The summed E-state index contributed by atoms with van der Waals surface area (Å²) in [5.41, 5.74) is 1.48. The van der Waals surface area contributed by atoms with Gasteiger partial charge in [-0.05, 0) is 48.9 Å². The zero-order valence-corrected chi connectivity index (χ0v) is 17.5. The molecule has 0 aliphatic carbocycles. The number of nitrogens with one attached hydrogen (secondary N) is 2. The number of amides is 2. The Hall–Kier alpha value is -2.51. The molecule has 0 bridgehead atoms. The molecule has 1 saturated heterocycles. The number of methoxy groups -OCH3 is 1. The van der Waals surface area contributed by atoms with Crippen molar-refractivity contribution in [1.29, 1.82) is 0 Å². The maximum Gasteiger partial charge on any atom is 0.313 e. The summed E-state index contributed by atoms with van der Waals surface area (Å²) in [4.78, 5) is 25.8. The number of anilines is 1. The van der Waals surface area contributed by atoms with Crippen LogP contribution in [0.3, 0.4) is 0 Å². The van der Waals surface area contributed by atoms with Crippen molar-refractivity contribution in [2.24, 2.45) is 0 Å². The van der Waals surface area contributed by atoms with Gasteiger partial charge in [-0.25, -0.2) is 0 Å². The Bertz CT molecular complexity index is 848. The molecule has 0 radical (unpaired) electrons. The van der Waals surface area contributed by atoms with E-state index in [9.17, 15) is 9.59 Å². The molecule has 1 aliphatic rings. The zero-order valence-electron chi connectivity index (χ0n) is 16.7. The fraction of sp³-hybridized carbons (Fsp3) is 0.364. The first-order chi connectivity index (χ1) is 14.1. The minimum Gasteiger partial charge on any atom is -0.497 e. The second kappa shape index (κ2) is 9.80. The van der Waals surface area contributed by atoms with Crippen molar-refractivity contribution >= 4 is 29.3 Å². The van der Waals surface area contributed by atoms with Crippen LogP contribution in [0.25, 0.3) is 0 Å². The molecule has 3 rings (SSSR count). The topological polar surface area (TPSA) is 76.7 Å². The van der Waals surface area contributed by atoms with Gasteiger partial charge in [0.15, 0.2) is 0 Å². The molecule has 6 nitrogen and oxygen atoms in total. The first-order valence-electron chi connectivity index (χ1n) is 9.52. The van der Waals surface area contributed by atoms with E-state index in [0.717, 1.165) is 29.1 Å². The zero-order chi connectivity index (χ0) is 20.7. The van der Waals surface area contributed by atoms with Crippen molar-refractivity contribution in [2.45, 2.75) is 23.2 Å². The van der Waals surface area contributed by atoms with Crippen molar-refractivity contribution in [3.63, 3.8) is 0 Å². The van der Waals surface area contributed by atoms with E-state index in [1.807, 2.05) is 48.7 Å². The molecule has 2 N–H and O–H groups in total. The lowest BCUT2D eigenvalue weighted by molar-refractivity contribution is -0.136. The van der Waals surface area contributed by atoms with E-state index in [1.165, 1.54) is 11.8 Å². The molecule has 0 saturated carbocycles. The van der Waals surface area contributed by atoms with Gasteiger partial charge in [-0.3, -0.25) is 9.59 Å². The van der Waals surface area contributed by atoms with Gasteiger partial charge in [0.2, 0.25) is 0 Å². The van der Waals surface area contributed by atoms with Crippen LogP contribution in [-0.2, 0) is 19.7 Å². The van der Waals surface area contributed by atoms with Gasteiger partial charge in [-0.1, -0.05) is 24.3 Å². The SMILES string of the molecule is COc1ccc(C2(CNC(=O)C(=O)Nc3ccccc3SC)CCOCC2)cc1. The first kappa shape index (κ1) is 21.2. The quantitative estimate of drug-likeness (QED) is 0.561. The van der Waals surface area contributed by atoms with Gasteiger partial charge in [0.25, 0.3) is 0 Å². The predicted octanol–water partition coefficient (Wildman–Crippen LogP) is 3.22. The molecule has 29 heavy (non-hydrogen) atoms. The lowest BCUT2D eigenvalue weighted by Gasteiger charge is -2.38. The molecule has 0 spiro atoms. The van der Waals surface area contributed by atoms with E-state index in [4.69, 9.17) is 9.47 Å². The van der Waals surface area contributed by atoms with Crippen LogP contribution >= 0.6 is 11.8 Å². The Morgan fingerprint density at radius 1 is 1.07 bits per heavy atom. The monoisotopic (exact) mass is 414 g/mol. The number of para-hydroxylation sites is 1. The Labute approximate surface area is 175 Å². The Kier molecular flexibility index (Phi) is 7.17. The summed E-state index contributed by atoms with van der Waals surface area (Å²) < 4.78 is 10.8. The fourth-order valence-corrected chi connectivity index (χ4v) is 4.08. The normalized spacial score (nSPS) is 15.4. The number of rotatable bonds is 6. The minimum atomic E-state index is -0.663. The highest BCUT2D eigenvalue weighted by Gasteiger charge is 2.35. The van der Waals surface area contributed by atoms with E-state index in [1.54, 1.807) is 13.2 Å². The third-order valence-corrected chi connectivity index (χ3v) is 6.10. The standard InChI is InChI=1S/C22H26N2O4S/c1-27-17-9-7-16(8-10-17)22(11-13-28-14-12-22)15-23-20(25)21(26)24-18-5-3-4-6-19(18)29-2/h3-10H,11-15H2,1-2H3,(H,23,25)(H,24,26). The second-order valence-corrected chi connectivity index (χ2v) is 7.81. The van der Waals surface area contributed by atoms with Crippen molar-refractivity contribution in [1.82, 2.24) is 5.32 Å². The van der Waals surface area contributed by atoms with Gasteiger partial charge in [0.05, 0.1) is 12.8 Å². The largest absolute Gasteiger partial charge is 0.497 e. The smallest absolute Gasteiger partial charge is 0.313 e. The summed E-state index contributed by atoms with van der Waals surface area (Å²) in [7, 11) is 1.63. The lowest BCUT2D eigenvalue weighted by Crippen LogP contribution is -2.47. The van der Waals surface area contributed by atoms with Gasteiger partial charge in [-0.15, -0.1) is 11.8 Å². The molecule has 1 fully saturated rings. The molecule has 0 atom stereocenters. The van der Waals surface area contributed by atoms with Crippen LogP contribution in [-0.4, -0.2) is 44.9 Å². The van der Waals surface area contributed by atoms with Crippen LogP contribution in [0, 0.1) is 0 Å². The van der Waals surface area contributed by atoms with E-state index in [2.05, 4.69) is 10.6 Å². The number of carbonyl (C=O) groups is 2. The van der Waals surface area contributed by atoms with Crippen molar-refractivity contribution in [2.75, 3.05) is 38.4 Å². The molecule has 154 valence electrons. The molecular formula is C22H26N2O4S. The maximum atomic E-state index is 12.5.